The first kappa shape index (κ1) is 14.2. The summed E-state index contributed by atoms with van der Waals surface area (Å²) in [5, 5.41) is 11.9. The molecular weight excluding hydrogens is 242 g/mol. The molecule has 1 saturated heterocycles. The van der Waals surface area contributed by atoms with Crippen LogP contribution in [0, 0.1) is 11.3 Å². The van der Waals surface area contributed by atoms with Gasteiger partial charge in [-0.05, 0) is 25.7 Å². The SMILES string of the molecule is CC1(C(N)=NO)CCN(C(=O)C2CCCCC2)CC1. The van der Waals surface area contributed by atoms with E-state index in [2.05, 4.69) is 5.16 Å². The van der Waals surface area contributed by atoms with Crippen molar-refractivity contribution in [3.63, 3.8) is 0 Å². The van der Waals surface area contributed by atoms with Crippen LogP contribution in [0.3, 0.4) is 0 Å². The molecular formula is C14H25N3O2. The first-order valence-corrected chi connectivity index (χ1v) is 7.33. The van der Waals surface area contributed by atoms with Crippen LogP contribution in [-0.2, 0) is 4.79 Å². The maximum absolute atomic E-state index is 12.4. The minimum absolute atomic E-state index is 0.238. The molecule has 5 heteroatoms. The molecule has 1 aliphatic heterocycles. The lowest BCUT2D eigenvalue weighted by Crippen LogP contribution is -2.49. The van der Waals surface area contributed by atoms with E-state index in [1.165, 1.54) is 19.3 Å². The fourth-order valence-corrected chi connectivity index (χ4v) is 3.21. The summed E-state index contributed by atoms with van der Waals surface area (Å²) in [5.74, 6) is 0.848. The van der Waals surface area contributed by atoms with E-state index in [1.54, 1.807) is 0 Å². The zero-order valence-electron chi connectivity index (χ0n) is 11.8. The van der Waals surface area contributed by atoms with Crippen LogP contribution < -0.4 is 5.73 Å². The molecule has 0 aromatic heterocycles. The van der Waals surface area contributed by atoms with Gasteiger partial charge in [-0.2, -0.15) is 0 Å². The normalized spacial score (nSPS) is 25.3. The van der Waals surface area contributed by atoms with E-state index in [9.17, 15) is 4.79 Å². The van der Waals surface area contributed by atoms with Crippen molar-refractivity contribution in [3.05, 3.63) is 0 Å². The van der Waals surface area contributed by atoms with E-state index in [1.807, 2.05) is 11.8 Å². The molecule has 1 heterocycles. The zero-order valence-corrected chi connectivity index (χ0v) is 11.8. The largest absolute Gasteiger partial charge is 0.409 e. The molecule has 1 amide bonds. The van der Waals surface area contributed by atoms with Gasteiger partial charge in [-0.15, -0.1) is 0 Å². The van der Waals surface area contributed by atoms with Gasteiger partial charge in [0.2, 0.25) is 5.91 Å². The zero-order chi connectivity index (χ0) is 13.9. The van der Waals surface area contributed by atoms with Crippen LogP contribution in [-0.4, -0.2) is 34.9 Å². The van der Waals surface area contributed by atoms with Crippen molar-refractivity contribution in [1.82, 2.24) is 4.90 Å². The minimum Gasteiger partial charge on any atom is -0.409 e. The number of likely N-dealkylation sites (tertiary alicyclic amines) is 1. The van der Waals surface area contributed by atoms with Gasteiger partial charge in [0.05, 0.1) is 0 Å². The number of carbonyl (C=O) groups is 1. The highest BCUT2D eigenvalue weighted by Gasteiger charge is 2.37. The van der Waals surface area contributed by atoms with Crippen LogP contribution >= 0.6 is 0 Å². The maximum atomic E-state index is 12.4. The number of amidine groups is 1. The van der Waals surface area contributed by atoms with Gasteiger partial charge >= 0.3 is 0 Å². The summed E-state index contributed by atoms with van der Waals surface area (Å²) in [4.78, 5) is 14.4. The van der Waals surface area contributed by atoms with E-state index in [-0.39, 0.29) is 17.2 Å². The van der Waals surface area contributed by atoms with Crippen LogP contribution in [0.2, 0.25) is 0 Å². The third kappa shape index (κ3) is 3.01. The van der Waals surface area contributed by atoms with Gasteiger partial charge < -0.3 is 15.8 Å². The third-order valence-corrected chi connectivity index (χ3v) is 4.86. The Labute approximate surface area is 114 Å². The molecule has 5 nitrogen and oxygen atoms in total. The van der Waals surface area contributed by atoms with Crippen LogP contribution in [0.4, 0.5) is 0 Å². The Hall–Kier alpha value is -1.26. The van der Waals surface area contributed by atoms with E-state index in [0.29, 0.717) is 5.91 Å². The number of oxime groups is 1. The standard InChI is InChI=1S/C14H25N3O2/c1-14(13(15)16-19)7-9-17(10-8-14)12(18)11-5-3-2-4-6-11/h11,19H,2-10H2,1H3,(H2,15,16). The number of hydrogen-bond acceptors (Lipinski definition) is 3. The number of hydrogen-bond donors (Lipinski definition) is 2. The van der Waals surface area contributed by atoms with Crippen molar-refractivity contribution < 1.29 is 10.0 Å². The predicted molar refractivity (Wildman–Crippen MR) is 73.9 cm³/mol. The summed E-state index contributed by atoms with van der Waals surface area (Å²) in [6.45, 7) is 3.45. The molecule has 0 aromatic carbocycles. The highest BCUT2D eigenvalue weighted by molar-refractivity contribution is 5.86. The van der Waals surface area contributed by atoms with E-state index < -0.39 is 0 Å². The summed E-state index contributed by atoms with van der Waals surface area (Å²) in [7, 11) is 0. The molecule has 1 saturated carbocycles. The first-order chi connectivity index (χ1) is 9.07. The fourth-order valence-electron chi connectivity index (χ4n) is 3.21. The van der Waals surface area contributed by atoms with Crippen molar-refractivity contribution in [3.8, 4) is 0 Å². The average Bonchev–Trinajstić information content (AvgIpc) is 2.47. The Morgan fingerprint density at radius 1 is 1.26 bits per heavy atom. The topological polar surface area (TPSA) is 78.9 Å². The molecule has 2 aliphatic rings. The van der Waals surface area contributed by atoms with Crippen LogP contribution in [0.25, 0.3) is 0 Å². The van der Waals surface area contributed by atoms with Gasteiger partial charge in [0.15, 0.2) is 0 Å². The third-order valence-electron chi connectivity index (χ3n) is 4.86. The summed E-state index contributed by atoms with van der Waals surface area (Å²) in [5.41, 5.74) is 5.48. The van der Waals surface area contributed by atoms with Gasteiger partial charge in [0.25, 0.3) is 0 Å². The second kappa shape index (κ2) is 5.80. The summed E-state index contributed by atoms with van der Waals surface area (Å²) < 4.78 is 0. The molecule has 0 aromatic rings. The molecule has 2 fully saturated rings. The molecule has 19 heavy (non-hydrogen) atoms. The van der Waals surface area contributed by atoms with Gasteiger partial charge in [-0.3, -0.25) is 4.79 Å². The van der Waals surface area contributed by atoms with Crippen LogP contribution in [0.1, 0.15) is 51.9 Å². The lowest BCUT2D eigenvalue weighted by molar-refractivity contribution is -0.138. The number of piperidine rings is 1. The maximum Gasteiger partial charge on any atom is 0.225 e. The summed E-state index contributed by atoms with van der Waals surface area (Å²) >= 11 is 0. The number of carbonyl (C=O) groups excluding carboxylic acids is 1. The number of nitrogens with two attached hydrogens (primary N) is 1. The van der Waals surface area contributed by atoms with E-state index in [4.69, 9.17) is 10.9 Å². The lowest BCUT2D eigenvalue weighted by Gasteiger charge is -2.40. The van der Waals surface area contributed by atoms with Crippen molar-refractivity contribution in [1.29, 1.82) is 0 Å². The Bertz CT molecular complexity index is 354. The van der Waals surface area contributed by atoms with Crippen molar-refractivity contribution in [2.75, 3.05) is 13.1 Å². The second-order valence-corrected chi connectivity index (χ2v) is 6.21. The molecule has 108 valence electrons. The quantitative estimate of drug-likeness (QED) is 0.347. The van der Waals surface area contributed by atoms with E-state index in [0.717, 1.165) is 38.8 Å². The van der Waals surface area contributed by atoms with Crippen molar-refractivity contribution in [2.24, 2.45) is 22.2 Å². The smallest absolute Gasteiger partial charge is 0.225 e. The highest BCUT2D eigenvalue weighted by Crippen LogP contribution is 2.33. The average molecular weight is 267 g/mol. The molecule has 0 radical (unpaired) electrons. The van der Waals surface area contributed by atoms with Crippen molar-refractivity contribution in [2.45, 2.75) is 51.9 Å². The van der Waals surface area contributed by atoms with E-state index >= 15 is 0 Å². The van der Waals surface area contributed by atoms with Crippen LogP contribution in [0.5, 0.6) is 0 Å². The van der Waals surface area contributed by atoms with Gasteiger partial charge in [-0.25, -0.2) is 0 Å². The van der Waals surface area contributed by atoms with Crippen molar-refractivity contribution >= 4 is 11.7 Å². The summed E-state index contributed by atoms with van der Waals surface area (Å²) in [6, 6.07) is 0. The minimum atomic E-state index is -0.266. The fraction of sp³-hybridized carbons (Fsp3) is 0.857. The lowest BCUT2D eigenvalue weighted by atomic mass is 9.78. The molecule has 0 spiro atoms. The molecule has 0 bridgehead atoms. The summed E-state index contributed by atoms with van der Waals surface area (Å²) in [6.07, 6.45) is 7.30. The number of amides is 1. The Morgan fingerprint density at radius 3 is 2.37 bits per heavy atom. The van der Waals surface area contributed by atoms with Gasteiger partial charge in [0, 0.05) is 24.4 Å². The Balaban J connectivity index is 1.90. The van der Waals surface area contributed by atoms with Crippen LogP contribution in [0.15, 0.2) is 5.16 Å². The number of rotatable bonds is 2. The molecule has 3 N–H and O–H groups in total. The molecule has 0 unspecified atom stereocenters. The Kier molecular flexibility index (Phi) is 4.32. The second-order valence-electron chi connectivity index (χ2n) is 6.21. The Morgan fingerprint density at radius 2 is 1.84 bits per heavy atom. The molecule has 2 rings (SSSR count). The highest BCUT2D eigenvalue weighted by atomic mass is 16.4. The molecule has 0 atom stereocenters. The van der Waals surface area contributed by atoms with Gasteiger partial charge in [0.1, 0.15) is 5.84 Å². The predicted octanol–water partition coefficient (Wildman–Crippen LogP) is 1.94. The molecule has 1 aliphatic carbocycles. The van der Waals surface area contributed by atoms with Gasteiger partial charge in [-0.1, -0.05) is 31.3 Å². The first-order valence-electron chi connectivity index (χ1n) is 7.33. The monoisotopic (exact) mass is 267 g/mol. The number of nitrogens with zero attached hydrogens (tertiary/aromatic N) is 2.